The molecule has 0 bridgehead atoms. The summed E-state index contributed by atoms with van der Waals surface area (Å²) in [5, 5.41) is 0. The topological polar surface area (TPSA) is 26.3 Å². The second-order valence-corrected chi connectivity index (χ2v) is 8.50. The summed E-state index contributed by atoms with van der Waals surface area (Å²) in [7, 11) is 0. The third-order valence-corrected chi connectivity index (χ3v) is 6.79. The highest BCUT2D eigenvalue weighted by Gasteiger charge is 2.52. The standard InChI is InChI=1S/C20H30O2/c1-14-6-9-17-19(2,3)11-5-12-20(17,4)16(14)8-7-15-10-13-22-18(15)21/h7,16-17H,1,5-6,8-13H2,2-4H3/b15-7+. The second kappa shape index (κ2) is 5.54. The van der Waals surface area contributed by atoms with Gasteiger partial charge >= 0.3 is 5.97 Å². The van der Waals surface area contributed by atoms with E-state index < -0.39 is 0 Å². The zero-order valence-corrected chi connectivity index (χ0v) is 14.4. The van der Waals surface area contributed by atoms with Crippen LogP contribution in [0, 0.1) is 22.7 Å². The number of carbonyl (C=O) groups is 1. The highest BCUT2D eigenvalue weighted by molar-refractivity contribution is 5.90. The number of hydrogen-bond donors (Lipinski definition) is 0. The molecule has 2 aliphatic carbocycles. The molecule has 0 aromatic heterocycles. The average Bonchev–Trinajstić information content (AvgIpc) is 2.82. The molecule has 1 saturated heterocycles. The summed E-state index contributed by atoms with van der Waals surface area (Å²) in [5.74, 6) is 1.19. The van der Waals surface area contributed by atoms with Crippen molar-refractivity contribution >= 4 is 5.97 Å². The van der Waals surface area contributed by atoms with Crippen molar-refractivity contribution in [1.29, 1.82) is 0 Å². The first kappa shape index (κ1) is 15.8. The molecule has 2 saturated carbocycles. The van der Waals surface area contributed by atoms with E-state index in [1.165, 1.54) is 31.3 Å². The van der Waals surface area contributed by atoms with Crippen molar-refractivity contribution in [3.63, 3.8) is 0 Å². The van der Waals surface area contributed by atoms with Gasteiger partial charge in [-0.1, -0.05) is 45.4 Å². The highest BCUT2D eigenvalue weighted by atomic mass is 16.5. The van der Waals surface area contributed by atoms with E-state index in [2.05, 4.69) is 33.4 Å². The van der Waals surface area contributed by atoms with Crippen molar-refractivity contribution in [2.24, 2.45) is 22.7 Å². The molecule has 3 unspecified atom stereocenters. The molecule has 3 fully saturated rings. The van der Waals surface area contributed by atoms with Crippen LogP contribution in [-0.4, -0.2) is 12.6 Å². The predicted molar refractivity (Wildman–Crippen MR) is 89.4 cm³/mol. The van der Waals surface area contributed by atoms with Crippen LogP contribution < -0.4 is 0 Å². The van der Waals surface area contributed by atoms with Crippen molar-refractivity contribution in [3.8, 4) is 0 Å². The van der Waals surface area contributed by atoms with Gasteiger partial charge in [0.05, 0.1) is 6.61 Å². The van der Waals surface area contributed by atoms with Crippen LogP contribution in [0.2, 0.25) is 0 Å². The lowest BCUT2D eigenvalue weighted by Gasteiger charge is -2.58. The summed E-state index contributed by atoms with van der Waals surface area (Å²) in [6, 6.07) is 0. The molecule has 0 aromatic carbocycles. The van der Waals surface area contributed by atoms with Gasteiger partial charge < -0.3 is 4.74 Å². The monoisotopic (exact) mass is 302 g/mol. The van der Waals surface area contributed by atoms with Crippen molar-refractivity contribution < 1.29 is 9.53 Å². The summed E-state index contributed by atoms with van der Waals surface area (Å²) >= 11 is 0. The molecule has 3 atom stereocenters. The fraction of sp³-hybridized carbons (Fsp3) is 0.750. The first-order valence-corrected chi connectivity index (χ1v) is 8.88. The molecule has 2 nitrogen and oxygen atoms in total. The van der Waals surface area contributed by atoms with Gasteiger partial charge in [0.15, 0.2) is 0 Å². The van der Waals surface area contributed by atoms with Gasteiger partial charge in [0.25, 0.3) is 0 Å². The van der Waals surface area contributed by atoms with Gasteiger partial charge in [-0.05, 0) is 54.8 Å². The van der Waals surface area contributed by atoms with E-state index >= 15 is 0 Å². The number of hydrogen-bond acceptors (Lipinski definition) is 2. The number of ether oxygens (including phenoxy) is 1. The number of rotatable bonds is 2. The van der Waals surface area contributed by atoms with E-state index in [0.29, 0.717) is 23.4 Å². The summed E-state index contributed by atoms with van der Waals surface area (Å²) in [6.07, 6.45) is 10.3. The molecule has 0 amide bonds. The van der Waals surface area contributed by atoms with E-state index in [1.807, 2.05) is 0 Å². The minimum absolute atomic E-state index is 0.105. The molecule has 3 rings (SSSR count). The van der Waals surface area contributed by atoms with Gasteiger partial charge in [0.2, 0.25) is 0 Å². The largest absolute Gasteiger partial charge is 0.462 e. The first-order valence-electron chi connectivity index (χ1n) is 8.88. The zero-order chi connectivity index (χ0) is 16.0. The Labute approximate surface area is 135 Å². The number of esters is 1. The predicted octanol–water partition coefficient (Wildman–Crippen LogP) is 5.05. The molecule has 1 heterocycles. The Hall–Kier alpha value is -1.05. The van der Waals surface area contributed by atoms with Crippen molar-refractivity contribution in [1.82, 2.24) is 0 Å². The second-order valence-electron chi connectivity index (χ2n) is 8.50. The number of allylic oxidation sites excluding steroid dienone is 2. The summed E-state index contributed by atoms with van der Waals surface area (Å²) < 4.78 is 5.07. The quantitative estimate of drug-likeness (QED) is 0.405. The lowest BCUT2D eigenvalue weighted by atomic mass is 9.47. The van der Waals surface area contributed by atoms with Crippen LogP contribution in [0.4, 0.5) is 0 Å². The number of cyclic esters (lactones) is 1. The van der Waals surface area contributed by atoms with E-state index in [1.54, 1.807) is 0 Å². The Kier molecular flexibility index (Phi) is 3.99. The van der Waals surface area contributed by atoms with Gasteiger partial charge in [-0.2, -0.15) is 0 Å². The van der Waals surface area contributed by atoms with Crippen LogP contribution in [0.1, 0.15) is 65.7 Å². The van der Waals surface area contributed by atoms with Crippen molar-refractivity contribution in [3.05, 3.63) is 23.8 Å². The summed E-state index contributed by atoms with van der Waals surface area (Å²) in [4.78, 5) is 11.7. The number of carbonyl (C=O) groups excluding carboxylic acids is 1. The molecule has 2 heteroatoms. The van der Waals surface area contributed by atoms with Crippen LogP contribution in [0.5, 0.6) is 0 Å². The van der Waals surface area contributed by atoms with Crippen LogP contribution in [0.25, 0.3) is 0 Å². The molecule has 1 aliphatic heterocycles. The molecule has 22 heavy (non-hydrogen) atoms. The fourth-order valence-corrected chi connectivity index (χ4v) is 5.60. The maximum atomic E-state index is 11.7. The number of fused-ring (bicyclic) bond motifs is 1. The zero-order valence-electron chi connectivity index (χ0n) is 14.4. The van der Waals surface area contributed by atoms with E-state index in [4.69, 9.17) is 4.74 Å². The van der Waals surface area contributed by atoms with Crippen molar-refractivity contribution in [2.45, 2.75) is 65.7 Å². The fourth-order valence-electron chi connectivity index (χ4n) is 5.60. The summed E-state index contributed by atoms with van der Waals surface area (Å²) in [6.45, 7) is 12.3. The highest BCUT2D eigenvalue weighted by Crippen LogP contribution is 2.61. The normalized spacial score (nSPS) is 39.7. The molecular weight excluding hydrogens is 272 g/mol. The van der Waals surface area contributed by atoms with Gasteiger partial charge in [-0.3, -0.25) is 0 Å². The van der Waals surface area contributed by atoms with Crippen LogP contribution in [0.15, 0.2) is 23.8 Å². The van der Waals surface area contributed by atoms with Gasteiger partial charge in [-0.25, -0.2) is 4.79 Å². The van der Waals surface area contributed by atoms with Gasteiger partial charge in [0, 0.05) is 12.0 Å². The van der Waals surface area contributed by atoms with Crippen LogP contribution >= 0.6 is 0 Å². The smallest absolute Gasteiger partial charge is 0.333 e. The first-order chi connectivity index (χ1) is 10.3. The molecule has 0 aromatic rings. The average molecular weight is 302 g/mol. The Bertz CT molecular complexity index is 514. The SMILES string of the molecule is C=C1CCC2C(C)(C)CCCC2(C)C1C/C=C1\CCOC1=O. The van der Waals surface area contributed by atoms with Crippen molar-refractivity contribution in [2.75, 3.05) is 6.61 Å². The molecule has 122 valence electrons. The molecule has 0 radical (unpaired) electrons. The third-order valence-electron chi connectivity index (χ3n) is 6.79. The minimum Gasteiger partial charge on any atom is -0.462 e. The molecule has 3 aliphatic rings. The molecule has 0 spiro atoms. The van der Waals surface area contributed by atoms with Gasteiger partial charge in [0.1, 0.15) is 0 Å². The Morgan fingerprint density at radius 3 is 2.73 bits per heavy atom. The Balaban J connectivity index is 1.84. The van der Waals surface area contributed by atoms with E-state index in [-0.39, 0.29) is 5.97 Å². The third kappa shape index (κ3) is 2.55. The van der Waals surface area contributed by atoms with Crippen LogP contribution in [0.3, 0.4) is 0 Å². The van der Waals surface area contributed by atoms with Gasteiger partial charge in [-0.15, -0.1) is 0 Å². The Morgan fingerprint density at radius 2 is 2.05 bits per heavy atom. The Morgan fingerprint density at radius 1 is 1.27 bits per heavy atom. The maximum absolute atomic E-state index is 11.7. The lowest BCUT2D eigenvalue weighted by Crippen LogP contribution is -2.49. The minimum atomic E-state index is -0.105. The van der Waals surface area contributed by atoms with E-state index in [0.717, 1.165) is 30.8 Å². The molecular formula is C20H30O2. The molecule has 0 N–H and O–H groups in total. The summed E-state index contributed by atoms with van der Waals surface area (Å²) in [5.41, 5.74) is 3.07. The lowest BCUT2D eigenvalue weighted by molar-refractivity contribution is -0.135. The van der Waals surface area contributed by atoms with Crippen LogP contribution in [-0.2, 0) is 9.53 Å². The van der Waals surface area contributed by atoms with E-state index in [9.17, 15) is 4.79 Å². The maximum Gasteiger partial charge on any atom is 0.333 e.